The molecule has 0 aromatic heterocycles. The molecule has 0 nitrogen and oxygen atoms in total. The van der Waals surface area contributed by atoms with Gasteiger partial charge >= 0.3 is 0 Å². The van der Waals surface area contributed by atoms with Gasteiger partial charge in [0.05, 0.1) is 0 Å². The van der Waals surface area contributed by atoms with Crippen molar-refractivity contribution in [2.24, 2.45) is 5.41 Å². The summed E-state index contributed by atoms with van der Waals surface area (Å²) in [6.07, 6.45) is 2.65. The van der Waals surface area contributed by atoms with Gasteiger partial charge in [0.25, 0.3) is 0 Å². The fraction of sp³-hybridized carbons (Fsp3) is 1.00. The molecule has 56 valence electrons. The summed E-state index contributed by atoms with van der Waals surface area (Å²) in [4.78, 5) is 0. The molecule has 0 N–H and O–H groups in total. The second-order valence-electron chi connectivity index (χ2n) is 3.31. The van der Waals surface area contributed by atoms with Crippen LogP contribution in [0, 0.1) is 5.41 Å². The molecule has 0 amide bonds. The van der Waals surface area contributed by atoms with Crippen LogP contribution in [0.2, 0.25) is 0 Å². The smallest absolute Gasteiger partial charge is 0 e. The zero-order valence-electron chi connectivity index (χ0n) is 6.73. The molecular weight excluding hydrogens is 148 g/mol. The summed E-state index contributed by atoms with van der Waals surface area (Å²) in [6.45, 7) is 9.05. The predicted octanol–water partition coefficient (Wildman–Crippen LogP) is 2.83. The van der Waals surface area contributed by atoms with E-state index in [0.29, 0.717) is 5.41 Å². The van der Waals surface area contributed by atoms with Crippen molar-refractivity contribution in [2.45, 2.75) is 40.5 Å². The van der Waals surface area contributed by atoms with E-state index in [9.17, 15) is 0 Å². The van der Waals surface area contributed by atoms with Crippen molar-refractivity contribution in [1.29, 1.82) is 0 Å². The second kappa shape index (κ2) is 6.56. The molecule has 0 bridgehead atoms. The molecule has 0 heterocycles. The lowest BCUT2D eigenvalue weighted by Gasteiger charge is -2.15. The maximum atomic E-state index is 3.67. The van der Waals surface area contributed by atoms with Crippen molar-refractivity contribution in [3.63, 3.8) is 0 Å². The van der Waals surface area contributed by atoms with Crippen LogP contribution in [0.1, 0.15) is 40.5 Å². The third kappa shape index (κ3) is 17.8. The molecule has 0 atom stereocenters. The Morgan fingerprint density at radius 2 is 1.44 bits per heavy atom. The first-order valence-corrected chi connectivity index (χ1v) is 4.56. The number of hydrogen-bond acceptors (Lipinski definition) is 2. The largest absolute Gasteiger partial charge is 0.0654 e. The third-order valence-corrected chi connectivity index (χ3v) is 1.000. The van der Waals surface area contributed by atoms with E-state index in [-0.39, 0.29) is 0 Å². The van der Waals surface area contributed by atoms with Gasteiger partial charge in [0, 0.05) is 22.4 Å². The summed E-state index contributed by atoms with van der Waals surface area (Å²) in [5, 5.41) is 0. The molecule has 0 saturated carbocycles. The minimum absolute atomic E-state index is 0.550. The Balaban J connectivity index is 0. The summed E-state index contributed by atoms with van der Waals surface area (Å²) in [7, 11) is 0. The molecule has 0 unspecified atom stereocenters. The van der Waals surface area contributed by atoms with Crippen LogP contribution in [0.5, 0.6) is 0 Å². The van der Waals surface area contributed by atoms with Crippen LogP contribution in [0.15, 0.2) is 0 Å². The molecule has 0 rings (SSSR count). The topological polar surface area (TPSA) is 0 Å². The molecular formula is C7H16S2. The normalized spacial score (nSPS) is 9.78. The standard InChI is InChI=1S/C7H16.S2/c1-5-6-7(2,3)4;1-2/h5-6H2,1-4H3;. The van der Waals surface area contributed by atoms with Crippen LogP contribution in [0.25, 0.3) is 0 Å². The fourth-order valence-corrected chi connectivity index (χ4v) is 0.750. The molecule has 0 aromatic carbocycles. The van der Waals surface area contributed by atoms with Crippen LogP contribution >= 0.6 is 0 Å². The van der Waals surface area contributed by atoms with E-state index in [0.717, 1.165) is 0 Å². The van der Waals surface area contributed by atoms with Crippen LogP contribution < -0.4 is 0 Å². The zero-order chi connectivity index (χ0) is 7.91. The van der Waals surface area contributed by atoms with Crippen LogP contribution in [0.3, 0.4) is 0 Å². The highest BCUT2D eigenvalue weighted by atomic mass is 32.8. The maximum Gasteiger partial charge on any atom is 0 e. The molecule has 0 aliphatic carbocycles. The van der Waals surface area contributed by atoms with E-state index >= 15 is 0 Å². The first kappa shape index (κ1) is 12.1. The van der Waals surface area contributed by atoms with Gasteiger partial charge in [-0.05, 0) is 11.8 Å². The average Bonchev–Trinajstić information content (AvgIpc) is 1.69. The minimum Gasteiger partial charge on any atom is -0.0654 e. The second-order valence-corrected chi connectivity index (χ2v) is 3.31. The van der Waals surface area contributed by atoms with E-state index in [4.69, 9.17) is 0 Å². The van der Waals surface area contributed by atoms with Crippen LogP contribution in [-0.4, -0.2) is 0 Å². The molecule has 0 fully saturated rings. The van der Waals surface area contributed by atoms with Gasteiger partial charge in [-0.2, -0.15) is 0 Å². The Morgan fingerprint density at radius 3 is 1.44 bits per heavy atom. The highest BCUT2D eigenvalue weighted by Gasteiger charge is 2.06. The Morgan fingerprint density at radius 1 is 1.11 bits per heavy atom. The number of rotatable bonds is 1. The minimum atomic E-state index is 0.550. The monoisotopic (exact) mass is 164 g/mol. The Kier molecular flexibility index (Phi) is 8.85. The summed E-state index contributed by atoms with van der Waals surface area (Å²) in [5.74, 6) is 0. The highest BCUT2D eigenvalue weighted by Crippen LogP contribution is 2.19. The first-order valence-electron chi connectivity index (χ1n) is 3.23. The number of hydrogen-bond donors (Lipinski definition) is 0. The van der Waals surface area contributed by atoms with E-state index in [1.165, 1.54) is 12.8 Å². The lowest BCUT2D eigenvalue weighted by atomic mass is 9.91. The quantitative estimate of drug-likeness (QED) is 0.584. The predicted molar refractivity (Wildman–Crippen MR) is 49.1 cm³/mol. The average molecular weight is 164 g/mol. The molecule has 2 heteroatoms. The van der Waals surface area contributed by atoms with Crippen molar-refractivity contribution >= 4 is 22.4 Å². The van der Waals surface area contributed by atoms with Gasteiger partial charge < -0.3 is 0 Å². The molecule has 0 aliphatic rings. The summed E-state index contributed by atoms with van der Waals surface area (Å²) >= 11 is 7.33. The van der Waals surface area contributed by atoms with Crippen molar-refractivity contribution in [1.82, 2.24) is 0 Å². The molecule has 0 aliphatic heterocycles. The van der Waals surface area contributed by atoms with Crippen LogP contribution in [-0.2, 0) is 22.4 Å². The van der Waals surface area contributed by atoms with Gasteiger partial charge in [0.2, 0.25) is 0 Å². The van der Waals surface area contributed by atoms with E-state index in [1.54, 1.807) is 0 Å². The molecule has 0 saturated heterocycles. The fourth-order valence-electron chi connectivity index (χ4n) is 0.750. The van der Waals surface area contributed by atoms with Gasteiger partial charge in [0.1, 0.15) is 0 Å². The van der Waals surface area contributed by atoms with Crippen molar-refractivity contribution in [2.75, 3.05) is 0 Å². The molecule has 0 aromatic rings. The van der Waals surface area contributed by atoms with Gasteiger partial charge in [-0.1, -0.05) is 34.1 Å². The van der Waals surface area contributed by atoms with Crippen molar-refractivity contribution in [3.8, 4) is 0 Å². The first-order chi connectivity index (χ1) is 4.06. The summed E-state index contributed by atoms with van der Waals surface area (Å²) in [6, 6.07) is 0. The summed E-state index contributed by atoms with van der Waals surface area (Å²) < 4.78 is 0. The van der Waals surface area contributed by atoms with Gasteiger partial charge in [-0.15, -0.1) is 0 Å². The lowest BCUT2D eigenvalue weighted by molar-refractivity contribution is 0.373. The molecule has 0 spiro atoms. The van der Waals surface area contributed by atoms with E-state index in [2.05, 4.69) is 50.1 Å². The van der Waals surface area contributed by atoms with Crippen molar-refractivity contribution < 1.29 is 0 Å². The maximum absolute atomic E-state index is 3.67. The SMILES string of the molecule is CCCC(C)(C)C.S=S. The van der Waals surface area contributed by atoms with Crippen molar-refractivity contribution in [3.05, 3.63) is 0 Å². The third-order valence-electron chi connectivity index (χ3n) is 1.000. The van der Waals surface area contributed by atoms with Crippen LogP contribution in [0.4, 0.5) is 0 Å². The van der Waals surface area contributed by atoms with E-state index < -0.39 is 0 Å². The Bertz CT molecular complexity index is 54.4. The van der Waals surface area contributed by atoms with Gasteiger partial charge in [0.15, 0.2) is 0 Å². The van der Waals surface area contributed by atoms with E-state index in [1.807, 2.05) is 0 Å². The highest BCUT2D eigenvalue weighted by molar-refractivity contribution is 8.07. The van der Waals surface area contributed by atoms with Gasteiger partial charge in [-0.25, -0.2) is 0 Å². The Labute approximate surface area is 68.7 Å². The van der Waals surface area contributed by atoms with Gasteiger partial charge in [-0.3, -0.25) is 0 Å². The zero-order valence-corrected chi connectivity index (χ0v) is 8.36. The lowest BCUT2D eigenvalue weighted by Crippen LogP contribution is -2.02. The Hall–Kier alpha value is 0.440. The summed E-state index contributed by atoms with van der Waals surface area (Å²) in [5.41, 5.74) is 0.550. The molecule has 0 radical (unpaired) electrons. The molecule has 9 heavy (non-hydrogen) atoms.